The molecule has 0 aliphatic carbocycles. The van der Waals surface area contributed by atoms with E-state index in [2.05, 4.69) is 15.0 Å². The van der Waals surface area contributed by atoms with Crippen molar-refractivity contribution in [3.63, 3.8) is 0 Å². The van der Waals surface area contributed by atoms with Crippen molar-refractivity contribution in [2.75, 3.05) is 6.61 Å². The molecule has 3 rings (SSSR count). The summed E-state index contributed by atoms with van der Waals surface area (Å²) in [6.45, 7) is 1.13. The molecular weight excluding hydrogens is 422 g/mol. The van der Waals surface area contributed by atoms with Gasteiger partial charge in [0.05, 0.1) is 18.8 Å². The Morgan fingerprint density at radius 1 is 1.32 bits per heavy atom. The summed E-state index contributed by atoms with van der Waals surface area (Å²) < 4.78 is 17.2. The first-order valence-corrected chi connectivity index (χ1v) is 9.19. The predicted octanol–water partition coefficient (Wildman–Crippen LogP) is -2.28. The van der Waals surface area contributed by atoms with Crippen LogP contribution in [-0.2, 0) is 19.0 Å². The molecule has 15 nitrogen and oxygen atoms in total. The first kappa shape index (κ1) is 22.9. The van der Waals surface area contributed by atoms with Crippen LogP contribution < -0.4 is 11.2 Å². The van der Waals surface area contributed by atoms with Gasteiger partial charge in [-0.05, 0) is 12.5 Å². The molecule has 170 valence electrons. The van der Waals surface area contributed by atoms with Gasteiger partial charge in [-0.1, -0.05) is 5.11 Å². The zero-order valence-electron chi connectivity index (χ0n) is 16.1. The summed E-state index contributed by atoms with van der Waals surface area (Å²) >= 11 is 0. The first-order valence-electron chi connectivity index (χ1n) is 9.19. The summed E-state index contributed by atoms with van der Waals surface area (Å²) in [5, 5.41) is 42.3. The molecule has 15 heteroatoms. The third-order valence-corrected chi connectivity index (χ3v) is 5.10. The second-order valence-corrected chi connectivity index (χ2v) is 7.18. The number of carboxylic acids is 1. The lowest BCUT2D eigenvalue weighted by atomic mass is 9.99. The summed E-state index contributed by atoms with van der Waals surface area (Å²) in [5.41, 5.74) is 7.79. The Hall–Kier alpha value is -2.78. The molecule has 5 N–H and O–H groups in total. The number of aromatic amines is 1. The van der Waals surface area contributed by atoms with Crippen LogP contribution in [-0.4, -0.2) is 85.4 Å². The normalized spacial score (nSPS) is 35.5. The van der Waals surface area contributed by atoms with Crippen molar-refractivity contribution in [3.8, 4) is 0 Å². The minimum absolute atomic E-state index is 0.0661. The molecule has 0 amide bonds. The fourth-order valence-corrected chi connectivity index (χ4v) is 3.40. The van der Waals surface area contributed by atoms with Crippen molar-refractivity contribution in [3.05, 3.63) is 43.0 Å². The minimum atomic E-state index is -1.87. The second kappa shape index (κ2) is 9.15. The van der Waals surface area contributed by atoms with E-state index in [0.717, 1.165) is 4.57 Å². The average Bonchev–Trinajstić information content (AvgIpc) is 3.11. The molecule has 31 heavy (non-hydrogen) atoms. The van der Waals surface area contributed by atoms with Crippen LogP contribution in [0.3, 0.4) is 0 Å². The van der Waals surface area contributed by atoms with Crippen LogP contribution in [0.5, 0.6) is 0 Å². The molecule has 2 aliphatic heterocycles. The molecule has 0 aromatic carbocycles. The Kier molecular flexibility index (Phi) is 6.76. The summed E-state index contributed by atoms with van der Waals surface area (Å²) in [4.78, 5) is 39.7. The number of aliphatic hydroxyl groups excluding tert-OH is 3. The molecule has 2 saturated heterocycles. The van der Waals surface area contributed by atoms with E-state index in [1.165, 1.54) is 13.1 Å². The number of hydrogen-bond acceptors (Lipinski definition) is 10. The number of H-pyrrole nitrogens is 1. The van der Waals surface area contributed by atoms with Crippen LogP contribution in [0.25, 0.3) is 10.4 Å². The van der Waals surface area contributed by atoms with Crippen molar-refractivity contribution in [1.82, 2.24) is 9.55 Å². The molecule has 1 aromatic heterocycles. The third kappa shape index (κ3) is 4.62. The number of aliphatic carboxylic acids is 1. The van der Waals surface area contributed by atoms with Gasteiger partial charge in [-0.25, -0.2) is 9.59 Å². The predicted molar refractivity (Wildman–Crippen MR) is 97.8 cm³/mol. The van der Waals surface area contributed by atoms with Gasteiger partial charge >= 0.3 is 11.7 Å². The highest BCUT2D eigenvalue weighted by atomic mass is 16.7. The van der Waals surface area contributed by atoms with E-state index in [9.17, 15) is 29.7 Å². The smallest absolute Gasteiger partial charge is 0.335 e. The van der Waals surface area contributed by atoms with Crippen LogP contribution in [0.4, 0.5) is 0 Å². The Morgan fingerprint density at radius 2 is 2.03 bits per heavy atom. The molecule has 0 saturated carbocycles. The molecule has 1 unspecified atom stereocenters. The summed E-state index contributed by atoms with van der Waals surface area (Å²) in [6.07, 6.45) is -9.39. The molecule has 2 fully saturated rings. The fourth-order valence-electron chi connectivity index (χ4n) is 3.40. The molecule has 2 aliphatic rings. The number of carbonyl (C=O) groups is 1. The largest absolute Gasteiger partial charge is 0.479 e. The SMILES string of the molecule is Cc1cn([C@H]2C[C@@H](N=[N+]=[N-])[C@@H](CO[C@@H]3OC(C(=O)O)[C@@H](O)[C@H](O)[C@@H]3O)O2)c(=O)[nH]c1=O. The van der Waals surface area contributed by atoms with Gasteiger partial charge in [0.25, 0.3) is 5.56 Å². The molecule has 0 bridgehead atoms. The van der Waals surface area contributed by atoms with E-state index in [1.54, 1.807) is 0 Å². The lowest BCUT2D eigenvalue weighted by Crippen LogP contribution is -2.60. The Labute approximate surface area is 173 Å². The number of nitrogens with one attached hydrogen (secondary N) is 1. The van der Waals surface area contributed by atoms with Crippen LogP contribution in [0.1, 0.15) is 18.2 Å². The standard InChI is InChI=1S/C16H21N5O10/c1-5-3-21(16(28)18-13(5)25)8-2-6(19-20-17)7(30-8)4-29-15-11(24)9(22)10(23)12(31-15)14(26)27/h3,6-12,15,22-24H,2,4H2,1H3,(H,26,27)(H,18,25,28)/t6-,7-,8-,9+,10+,11+,12?,15-/m1/s1. The number of azide groups is 1. The van der Waals surface area contributed by atoms with E-state index in [-0.39, 0.29) is 18.6 Å². The number of ether oxygens (including phenoxy) is 3. The van der Waals surface area contributed by atoms with E-state index >= 15 is 0 Å². The van der Waals surface area contributed by atoms with Crippen molar-refractivity contribution in [2.45, 2.75) is 62.4 Å². The fraction of sp³-hybridized carbons (Fsp3) is 0.688. The molecule has 1 aromatic rings. The van der Waals surface area contributed by atoms with Gasteiger partial charge in [0.15, 0.2) is 12.4 Å². The highest BCUT2D eigenvalue weighted by Crippen LogP contribution is 2.31. The maximum Gasteiger partial charge on any atom is 0.335 e. The van der Waals surface area contributed by atoms with Gasteiger partial charge in [-0.2, -0.15) is 0 Å². The van der Waals surface area contributed by atoms with Crippen LogP contribution in [0.15, 0.2) is 20.9 Å². The highest BCUT2D eigenvalue weighted by molar-refractivity contribution is 5.73. The number of hydrogen-bond donors (Lipinski definition) is 5. The lowest BCUT2D eigenvalue weighted by Gasteiger charge is -2.38. The number of aliphatic hydroxyl groups is 3. The zero-order chi connectivity index (χ0) is 22.9. The third-order valence-electron chi connectivity index (χ3n) is 5.10. The maximum absolute atomic E-state index is 12.1. The van der Waals surface area contributed by atoms with Gasteiger partial charge in [-0.15, -0.1) is 0 Å². The maximum atomic E-state index is 12.1. The number of rotatable bonds is 6. The van der Waals surface area contributed by atoms with Crippen molar-refractivity contribution < 1.29 is 39.4 Å². The number of carboxylic acid groups (broad SMARTS) is 1. The van der Waals surface area contributed by atoms with Crippen LogP contribution >= 0.6 is 0 Å². The van der Waals surface area contributed by atoms with E-state index < -0.39 is 66.3 Å². The van der Waals surface area contributed by atoms with Gasteiger partial charge in [0, 0.05) is 23.1 Å². The molecule has 8 atom stereocenters. The quantitative estimate of drug-likeness (QED) is 0.180. The van der Waals surface area contributed by atoms with Crippen LogP contribution in [0.2, 0.25) is 0 Å². The van der Waals surface area contributed by atoms with Gasteiger partial charge < -0.3 is 34.6 Å². The number of aromatic nitrogens is 2. The number of aryl methyl sites for hydroxylation is 1. The summed E-state index contributed by atoms with van der Waals surface area (Å²) in [7, 11) is 0. The first-order chi connectivity index (χ1) is 14.6. The van der Waals surface area contributed by atoms with Gasteiger partial charge in [-0.3, -0.25) is 14.3 Å². The van der Waals surface area contributed by atoms with Crippen molar-refractivity contribution in [2.24, 2.45) is 5.11 Å². The van der Waals surface area contributed by atoms with Crippen LogP contribution in [0, 0.1) is 6.92 Å². The van der Waals surface area contributed by atoms with Gasteiger partial charge in [0.1, 0.15) is 24.5 Å². The topological polar surface area (TPSA) is 229 Å². The Morgan fingerprint density at radius 3 is 2.68 bits per heavy atom. The van der Waals surface area contributed by atoms with Gasteiger partial charge in [0.2, 0.25) is 0 Å². The Bertz CT molecular complexity index is 988. The monoisotopic (exact) mass is 443 g/mol. The zero-order valence-corrected chi connectivity index (χ0v) is 16.1. The molecular formula is C16H21N5O10. The van der Waals surface area contributed by atoms with E-state index in [4.69, 9.17) is 24.8 Å². The molecule has 3 heterocycles. The lowest BCUT2D eigenvalue weighted by molar-refractivity contribution is -0.298. The van der Waals surface area contributed by atoms with E-state index in [0.29, 0.717) is 0 Å². The van der Waals surface area contributed by atoms with E-state index in [1.807, 2.05) is 0 Å². The Balaban J connectivity index is 1.74. The average molecular weight is 443 g/mol. The summed E-state index contributed by atoms with van der Waals surface area (Å²) in [6, 6.07) is -0.805. The second-order valence-electron chi connectivity index (χ2n) is 7.18. The van der Waals surface area contributed by atoms with Crippen molar-refractivity contribution >= 4 is 5.97 Å². The summed E-state index contributed by atoms with van der Waals surface area (Å²) in [5.74, 6) is -1.57. The minimum Gasteiger partial charge on any atom is -0.479 e. The van der Waals surface area contributed by atoms with Crippen molar-refractivity contribution in [1.29, 1.82) is 0 Å². The molecule has 0 spiro atoms. The molecule has 0 radical (unpaired) electrons. The number of nitrogens with zero attached hydrogens (tertiary/aromatic N) is 4. The highest BCUT2D eigenvalue weighted by Gasteiger charge is 2.48.